The zero-order chi connectivity index (χ0) is 14.2. The van der Waals surface area contributed by atoms with Crippen LogP contribution in [0.4, 0.5) is 0 Å². The Hall–Kier alpha value is -1.34. The van der Waals surface area contributed by atoms with Crippen molar-refractivity contribution < 1.29 is 0 Å². The van der Waals surface area contributed by atoms with Crippen molar-refractivity contribution in [2.45, 2.75) is 58.5 Å². The molecule has 0 aliphatic carbocycles. The Balaban J connectivity index is 1.86. The van der Waals surface area contributed by atoms with Crippen molar-refractivity contribution in [3.05, 3.63) is 48.0 Å². The number of unbranched alkanes of at least 4 members (excludes halogenated alkanes) is 3. The van der Waals surface area contributed by atoms with E-state index in [2.05, 4.69) is 61.6 Å². The number of benzene rings is 2. The molecule has 1 nitrogen and oxygen atoms in total. The van der Waals surface area contributed by atoms with Gasteiger partial charge in [-0.15, -0.1) is 0 Å². The molecule has 20 heavy (non-hydrogen) atoms. The number of nitrogens with one attached hydrogen (secondary N) is 1. The molecule has 0 saturated heterocycles. The smallest absolute Gasteiger partial charge is 0.0214 e. The summed E-state index contributed by atoms with van der Waals surface area (Å²) in [4.78, 5) is 0. The minimum Gasteiger partial charge on any atom is -0.310 e. The molecule has 0 radical (unpaired) electrons. The summed E-state index contributed by atoms with van der Waals surface area (Å²) in [6.45, 7) is 5.54. The first-order valence-electron chi connectivity index (χ1n) is 8.01. The van der Waals surface area contributed by atoms with Crippen LogP contribution in [0.15, 0.2) is 42.5 Å². The van der Waals surface area contributed by atoms with E-state index >= 15 is 0 Å². The van der Waals surface area contributed by atoms with Crippen LogP contribution in [0, 0.1) is 0 Å². The molecule has 0 spiro atoms. The predicted octanol–water partition coefficient (Wildman–Crippen LogP) is 5.29. The van der Waals surface area contributed by atoms with Gasteiger partial charge < -0.3 is 5.32 Å². The zero-order valence-corrected chi connectivity index (χ0v) is 12.9. The fourth-order valence-corrected chi connectivity index (χ4v) is 2.71. The van der Waals surface area contributed by atoms with Crippen LogP contribution in [0.25, 0.3) is 10.8 Å². The van der Waals surface area contributed by atoms with Crippen molar-refractivity contribution in [2.24, 2.45) is 0 Å². The van der Waals surface area contributed by atoms with E-state index in [0.717, 1.165) is 6.54 Å². The second-order valence-corrected chi connectivity index (χ2v) is 5.77. The topological polar surface area (TPSA) is 12.0 Å². The highest BCUT2D eigenvalue weighted by atomic mass is 14.9. The lowest BCUT2D eigenvalue weighted by atomic mass is 10.0. The Labute approximate surface area is 123 Å². The van der Waals surface area contributed by atoms with Crippen molar-refractivity contribution in [3.63, 3.8) is 0 Å². The first kappa shape index (κ1) is 15.1. The molecule has 0 amide bonds. The van der Waals surface area contributed by atoms with Gasteiger partial charge >= 0.3 is 0 Å². The molecule has 0 aliphatic heterocycles. The van der Waals surface area contributed by atoms with Gasteiger partial charge in [-0.05, 0) is 29.7 Å². The maximum absolute atomic E-state index is 3.67. The first-order valence-corrected chi connectivity index (χ1v) is 8.01. The zero-order valence-electron chi connectivity index (χ0n) is 12.9. The maximum Gasteiger partial charge on any atom is 0.0214 e. The Bertz CT molecular complexity index is 513. The SMILES string of the molecule is CCCCCC[C@@H](C)NCc1cccc2ccccc12. The third kappa shape index (κ3) is 4.35. The van der Waals surface area contributed by atoms with Crippen molar-refractivity contribution in [1.82, 2.24) is 5.32 Å². The molecule has 2 rings (SSSR count). The van der Waals surface area contributed by atoms with E-state index in [1.807, 2.05) is 0 Å². The Morgan fingerprint density at radius 3 is 2.60 bits per heavy atom. The third-order valence-corrected chi connectivity index (χ3v) is 4.01. The molecular weight excluding hydrogens is 242 g/mol. The second-order valence-electron chi connectivity index (χ2n) is 5.77. The molecule has 0 heterocycles. The molecule has 0 aromatic heterocycles. The molecule has 1 atom stereocenters. The van der Waals surface area contributed by atoms with Crippen molar-refractivity contribution in [2.75, 3.05) is 0 Å². The van der Waals surface area contributed by atoms with Crippen LogP contribution < -0.4 is 5.32 Å². The van der Waals surface area contributed by atoms with E-state index in [1.165, 1.54) is 48.4 Å². The molecule has 0 bridgehead atoms. The fourth-order valence-electron chi connectivity index (χ4n) is 2.71. The molecule has 2 aromatic rings. The fraction of sp³-hybridized carbons (Fsp3) is 0.474. The quantitative estimate of drug-likeness (QED) is 0.642. The summed E-state index contributed by atoms with van der Waals surface area (Å²) in [6, 6.07) is 15.8. The van der Waals surface area contributed by atoms with Gasteiger partial charge in [0.25, 0.3) is 0 Å². The molecule has 1 heteroatoms. The summed E-state index contributed by atoms with van der Waals surface area (Å²) in [7, 11) is 0. The maximum atomic E-state index is 3.67. The average molecular weight is 269 g/mol. The lowest BCUT2D eigenvalue weighted by Gasteiger charge is -2.15. The van der Waals surface area contributed by atoms with Gasteiger partial charge in [-0.1, -0.05) is 75.1 Å². The van der Waals surface area contributed by atoms with E-state index in [1.54, 1.807) is 0 Å². The van der Waals surface area contributed by atoms with Crippen molar-refractivity contribution >= 4 is 10.8 Å². The molecule has 0 saturated carbocycles. The largest absolute Gasteiger partial charge is 0.310 e. The molecule has 0 fully saturated rings. The van der Waals surface area contributed by atoms with Crippen LogP contribution in [0.2, 0.25) is 0 Å². The van der Waals surface area contributed by atoms with E-state index in [9.17, 15) is 0 Å². The molecular formula is C19H27N. The van der Waals surface area contributed by atoms with Gasteiger partial charge in [0.15, 0.2) is 0 Å². The minimum atomic E-state index is 0.603. The monoisotopic (exact) mass is 269 g/mol. The Morgan fingerprint density at radius 1 is 0.950 bits per heavy atom. The Morgan fingerprint density at radius 2 is 1.75 bits per heavy atom. The van der Waals surface area contributed by atoms with Crippen LogP contribution in [0.3, 0.4) is 0 Å². The predicted molar refractivity (Wildman–Crippen MR) is 89.0 cm³/mol. The van der Waals surface area contributed by atoms with Crippen molar-refractivity contribution in [1.29, 1.82) is 0 Å². The minimum absolute atomic E-state index is 0.603. The van der Waals surface area contributed by atoms with Crippen LogP contribution in [-0.4, -0.2) is 6.04 Å². The van der Waals surface area contributed by atoms with Gasteiger partial charge in [-0.3, -0.25) is 0 Å². The summed E-state index contributed by atoms with van der Waals surface area (Å²) >= 11 is 0. The van der Waals surface area contributed by atoms with Gasteiger partial charge in [-0.25, -0.2) is 0 Å². The average Bonchev–Trinajstić information content (AvgIpc) is 2.49. The number of hydrogen-bond donors (Lipinski definition) is 1. The number of rotatable bonds is 8. The summed E-state index contributed by atoms with van der Waals surface area (Å²) in [5, 5.41) is 6.38. The van der Waals surface area contributed by atoms with E-state index in [-0.39, 0.29) is 0 Å². The lowest BCUT2D eigenvalue weighted by molar-refractivity contribution is 0.483. The van der Waals surface area contributed by atoms with E-state index in [0.29, 0.717) is 6.04 Å². The summed E-state index contributed by atoms with van der Waals surface area (Å²) in [6.07, 6.45) is 6.69. The highest BCUT2D eigenvalue weighted by Gasteiger charge is 2.04. The van der Waals surface area contributed by atoms with Gasteiger partial charge in [0.2, 0.25) is 0 Å². The van der Waals surface area contributed by atoms with Crippen LogP contribution in [0.5, 0.6) is 0 Å². The molecule has 108 valence electrons. The number of fused-ring (bicyclic) bond motifs is 1. The molecule has 2 aromatic carbocycles. The second kappa shape index (κ2) is 8.06. The molecule has 0 unspecified atom stereocenters. The van der Waals surface area contributed by atoms with Crippen molar-refractivity contribution in [3.8, 4) is 0 Å². The Kier molecular flexibility index (Phi) is 6.07. The molecule has 1 N–H and O–H groups in total. The standard InChI is InChI=1S/C19H27N/c1-3-4-5-6-10-16(2)20-15-18-13-9-12-17-11-7-8-14-19(17)18/h7-9,11-14,16,20H,3-6,10,15H2,1-2H3/t16-/m1/s1. The molecule has 0 aliphatic rings. The number of hydrogen-bond acceptors (Lipinski definition) is 1. The lowest BCUT2D eigenvalue weighted by Crippen LogP contribution is -2.25. The first-order chi connectivity index (χ1) is 9.81. The van der Waals surface area contributed by atoms with Gasteiger partial charge in [0.05, 0.1) is 0 Å². The van der Waals surface area contributed by atoms with E-state index < -0.39 is 0 Å². The van der Waals surface area contributed by atoms with Crippen LogP contribution in [-0.2, 0) is 6.54 Å². The van der Waals surface area contributed by atoms with E-state index in [4.69, 9.17) is 0 Å². The highest BCUT2D eigenvalue weighted by molar-refractivity contribution is 5.85. The third-order valence-electron chi connectivity index (χ3n) is 4.01. The summed E-state index contributed by atoms with van der Waals surface area (Å²) in [5.41, 5.74) is 1.41. The summed E-state index contributed by atoms with van der Waals surface area (Å²) < 4.78 is 0. The highest BCUT2D eigenvalue weighted by Crippen LogP contribution is 2.18. The van der Waals surface area contributed by atoms with Crippen LogP contribution in [0.1, 0.15) is 51.5 Å². The summed E-state index contributed by atoms with van der Waals surface area (Å²) in [5.74, 6) is 0. The van der Waals surface area contributed by atoms with Gasteiger partial charge in [-0.2, -0.15) is 0 Å². The van der Waals surface area contributed by atoms with Crippen LogP contribution >= 0.6 is 0 Å². The normalized spacial score (nSPS) is 12.7. The van der Waals surface area contributed by atoms with Gasteiger partial charge in [0, 0.05) is 12.6 Å². The van der Waals surface area contributed by atoms with Gasteiger partial charge in [0.1, 0.15) is 0 Å².